The summed E-state index contributed by atoms with van der Waals surface area (Å²) in [5.41, 5.74) is 0. The van der Waals surface area contributed by atoms with E-state index in [-0.39, 0.29) is 29.9 Å². The quantitative estimate of drug-likeness (QED) is 0.829. The number of hydrogen-bond donors (Lipinski definition) is 1. The van der Waals surface area contributed by atoms with E-state index < -0.39 is 0 Å². The first-order valence-corrected chi connectivity index (χ1v) is 8.00. The van der Waals surface area contributed by atoms with E-state index in [0.717, 1.165) is 32.4 Å². The third-order valence-corrected chi connectivity index (χ3v) is 5.17. The molecule has 0 aromatic rings. The first-order valence-electron chi connectivity index (χ1n) is 8.00. The molecule has 112 valence electrons. The minimum atomic E-state index is -0.318. The molecule has 0 aromatic heterocycles. The summed E-state index contributed by atoms with van der Waals surface area (Å²) in [5, 5.41) is 2.89. The summed E-state index contributed by atoms with van der Waals surface area (Å²) in [6, 6.07) is 0.0975. The Bertz CT molecular complexity index is 412. The summed E-state index contributed by atoms with van der Waals surface area (Å²) in [7, 11) is 0. The van der Waals surface area contributed by atoms with Gasteiger partial charge in [-0.3, -0.25) is 14.5 Å². The Morgan fingerprint density at radius 3 is 2.75 bits per heavy atom. The zero-order chi connectivity index (χ0) is 14.3. The molecule has 3 heterocycles. The lowest BCUT2D eigenvalue weighted by Crippen LogP contribution is -2.66. The Labute approximate surface area is 120 Å². The van der Waals surface area contributed by atoms with Gasteiger partial charge in [0.1, 0.15) is 12.1 Å². The number of nitrogens with one attached hydrogen (secondary N) is 1. The highest BCUT2D eigenvalue weighted by Gasteiger charge is 2.48. The lowest BCUT2D eigenvalue weighted by atomic mass is 9.97. The predicted molar refractivity (Wildman–Crippen MR) is 76.1 cm³/mol. The molecular formula is C15H25N3O2. The van der Waals surface area contributed by atoms with Crippen LogP contribution in [0.1, 0.15) is 46.0 Å². The Morgan fingerprint density at radius 2 is 2.00 bits per heavy atom. The average molecular weight is 279 g/mol. The van der Waals surface area contributed by atoms with Crippen LogP contribution in [-0.2, 0) is 9.59 Å². The standard InChI is InChI=1S/C15H25N3O2/c1-3-5-11-15(20)18(10(2)14(19)16-11)13-7-9-17-8-4-6-12(13)17/h10-13H,3-9H2,1-2H3,(H,16,19). The fraction of sp³-hybridized carbons (Fsp3) is 0.867. The van der Waals surface area contributed by atoms with Crippen molar-refractivity contribution in [2.75, 3.05) is 13.1 Å². The fourth-order valence-corrected chi connectivity index (χ4v) is 4.17. The van der Waals surface area contributed by atoms with Gasteiger partial charge in [-0.25, -0.2) is 0 Å². The number of hydrogen-bond acceptors (Lipinski definition) is 3. The molecule has 3 rings (SSSR count). The SMILES string of the molecule is CCCC1NC(=O)C(C)N(C2CCN3CCCC23)C1=O. The number of carbonyl (C=O) groups excluding carboxylic acids is 2. The molecule has 3 aliphatic heterocycles. The molecule has 0 bridgehead atoms. The Balaban J connectivity index is 1.81. The van der Waals surface area contributed by atoms with Gasteiger partial charge in [-0.1, -0.05) is 13.3 Å². The van der Waals surface area contributed by atoms with E-state index in [1.165, 1.54) is 12.8 Å². The predicted octanol–water partition coefficient (Wildman–Crippen LogP) is 0.739. The summed E-state index contributed by atoms with van der Waals surface area (Å²) in [4.78, 5) is 29.3. The Hall–Kier alpha value is -1.10. The van der Waals surface area contributed by atoms with E-state index in [4.69, 9.17) is 0 Å². The number of nitrogens with zero attached hydrogens (tertiary/aromatic N) is 2. The van der Waals surface area contributed by atoms with Gasteiger partial charge in [-0.2, -0.15) is 0 Å². The van der Waals surface area contributed by atoms with Crippen LogP contribution >= 0.6 is 0 Å². The first kappa shape index (κ1) is 13.9. The van der Waals surface area contributed by atoms with Crippen molar-refractivity contribution >= 4 is 11.8 Å². The number of fused-ring (bicyclic) bond motifs is 1. The number of amides is 2. The van der Waals surface area contributed by atoms with Crippen LogP contribution in [0.15, 0.2) is 0 Å². The third-order valence-electron chi connectivity index (χ3n) is 5.17. The number of carbonyl (C=O) groups is 2. The normalized spacial score (nSPS) is 38.2. The molecule has 5 heteroatoms. The molecule has 20 heavy (non-hydrogen) atoms. The van der Waals surface area contributed by atoms with Crippen molar-refractivity contribution in [3.8, 4) is 0 Å². The van der Waals surface area contributed by atoms with Crippen LogP contribution in [0.5, 0.6) is 0 Å². The molecule has 1 N–H and O–H groups in total. The van der Waals surface area contributed by atoms with Crippen molar-refractivity contribution in [3.63, 3.8) is 0 Å². The summed E-state index contributed by atoms with van der Waals surface area (Å²) in [6.07, 6.45) is 5.07. The molecule has 3 fully saturated rings. The second-order valence-electron chi connectivity index (χ2n) is 6.37. The zero-order valence-corrected chi connectivity index (χ0v) is 12.5. The second kappa shape index (κ2) is 5.35. The molecule has 2 amide bonds. The Kier molecular flexibility index (Phi) is 3.71. The van der Waals surface area contributed by atoms with Gasteiger partial charge in [0.2, 0.25) is 11.8 Å². The summed E-state index contributed by atoms with van der Waals surface area (Å²) >= 11 is 0. The van der Waals surface area contributed by atoms with E-state index in [1.807, 2.05) is 11.8 Å². The monoisotopic (exact) mass is 279 g/mol. The Morgan fingerprint density at radius 1 is 1.20 bits per heavy atom. The average Bonchev–Trinajstić information content (AvgIpc) is 3.01. The van der Waals surface area contributed by atoms with Crippen LogP contribution < -0.4 is 5.32 Å². The van der Waals surface area contributed by atoms with E-state index >= 15 is 0 Å². The molecule has 3 aliphatic rings. The maximum Gasteiger partial charge on any atom is 0.246 e. The second-order valence-corrected chi connectivity index (χ2v) is 6.37. The maximum absolute atomic E-state index is 12.7. The van der Waals surface area contributed by atoms with Gasteiger partial charge in [-0.15, -0.1) is 0 Å². The van der Waals surface area contributed by atoms with Gasteiger partial charge in [0.25, 0.3) is 0 Å². The highest BCUT2D eigenvalue weighted by Crippen LogP contribution is 2.33. The van der Waals surface area contributed by atoms with Gasteiger partial charge in [-0.05, 0) is 39.2 Å². The largest absolute Gasteiger partial charge is 0.343 e. The van der Waals surface area contributed by atoms with Crippen molar-refractivity contribution in [1.82, 2.24) is 15.1 Å². The number of rotatable bonds is 3. The van der Waals surface area contributed by atoms with Crippen LogP contribution in [0, 0.1) is 0 Å². The summed E-state index contributed by atoms with van der Waals surface area (Å²) in [6.45, 7) is 6.15. The molecular weight excluding hydrogens is 254 g/mol. The van der Waals surface area contributed by atoms with Crippen molar-refractivity contribution in [3.05, 3.63) is 0 Å². The molecule has 3 saturated heterocycles. The van der Waals surface area contributed by atoms with Gasteiger partial charge in [0.05, 0.1) is 0 Å². The van der Waals surface area contributed by atoms with Crippen LogP contribution in [-0.4, -0.2) is 58.9 Å². The minimum absolute atomic E-state index is 0.0134. The molecule has 5 nitrogen and oxygen atoms in total. The topological polar surface area (TPSA) is 52.7 Å². The smallest absolute Gasteiger partial charge is 0.246 e. The van der Waals surface area contributed by atoms with Gasteiger partial charge >= 0.3 is 0 Å². The summed E-state index contributed by atoms with van der Waals surface area (Å²) in [5.74, 6) is 0.150. The highest BCUT2D eigenvalue weighted by atomic mass is 16.2. The van der Waals surface area contributed by atoms with Gasteiger partial charge < -0.3 is 10.2 Å². The van der Waals surface area contributed by atoms with Crippen molar-refractivity contribution in [1.29, 1.82) is 0 Å². The lowest BCUT2D eigenvalue weighted by Gasteiger charge is -2.42. The first-order chi connectivity index (χ1) is 9.63. The van der Waals surface area contributed by atoms with Crippen molar-refractivity contribution < 1.29 is 9.59 Å². The molecule has 0 radical (unpaired) electrons. The van der Waals surface area contributed by atoms with E-state index in [9.17, 15) is 9.59 Å². The fourth-order valence-electron chi connectivity index (χ4n) is 4.17. The lowest BCUT2D eigenvalue weighted by molar-refractivity contribution is -0.152. The minimum Gasteiger partial charge on any atom is -0.343 e. The van der Waals surface area contributed by atoms with Gasteiger partial charge in [0, 0.05) is 18.6 Å². The molecule has 0 aliphatic carbocycles. The maximum atomic E-state index is 12.7. The van der Waals surface area contributed by atoms with Crippen LogP contribution in [0.2, 0.25) is 0 Å². The van der Waals surface area contributed by atoms with Crippen LogP contribution in [0.4, 0.5) is 0 Å². The van der Waals surface area contributed by atoms with Crippen LogP contribution in [0.25, 0.3) is 0 Å². The molecule has 0 spiro atoms. The molecule has 4 unspecified atom stereocenters. The number of piperazine rings is 1. The highest BCUT2D eigenvalue weighted by molar-refractivity contribution is 5.97. The van der Waals surface area contributed by atoms with Crippen molar-refractivity contribution in [2.45, 2.75) is 70.1 Å². The van der Waals surface area contributed by atoms with Crippen LogP contribution in [0.3, 0.4) is 0 Å². The summed E-state index contributed by atoms with van der Waals surface area (Å²) < 4.78 is 0. The van der Waals surface area contributed by atoms with E-state index in [2.05, 4.69) is 17.1 Å². The molecule has 0 aromatic carbocycles. The third kappa shape index (κ3) is 2.12. The van der Waals surface area contributed by atoms with E-state index in [1.54, 1.807) is 0 Å². The van der Waals surface area contributed by atoms with E-state index in [0.29, 0.717) is 6.04 Å². The molecule has 0 saturated carbocycles. The molecule has 4 atom stereocenters. The van der Waals surface area contributed by atoms with Crippen molar-refractivity contribution in [2.24, 2.45) is 0 Å². The van der Waals surface area contributed by atoms with Gasteiger partial charge in [0.15, 0.2) is 0 Å². The zero-order valence-electron chi connectivity index (χ0n) is 12.5.